The predicted octanol–water partition coefficient (Wildman–Crippen LogP) is 5.32. The lowest BCUT2D eigenvalue weighted by molar-refractivity contribution is 0.0476. The number of epoxide rings is 1. The van der Waals surface area contributed by atoms with Crippen LogP contribution >= 0.6 is 0 Å². The highest BCUT2D eigenvalue weighted by molar-refractivity contribution is 5.89. The zero-order valence-electron chi connectivity index (χ0n) is 15.1. The third kappa shape index (κ3) is 7.96. The molecule has 0 N–H and O–H groups in total. The average Bonchev–Trinajstić information content (AvgIpc) is 3.43. The van der Waals surface area contributed by atoms with E-state index in [0.717, 1.165) is 6.42 Å². The zero-order chi connectivity index (χ0) is 17.0. The Bertz CT molecular complexity index is 480. The maximum atomic E-state index is 12.0. The number of carbonyl (C=O) groups is 1. The van der Waals surface area contributed by atoms with Gasteiger partial charge in [-0.1, -0.05) is 70.4 Å². The van der Waals surface area contributed by atoms with Gasteiger partial charge in [0.15, 0.2) is 0 Å². The Morgan fingerprint density at radius 2 is 1.75 bits per heavy atom. The van der Waals surface area contributed by atoms with E-state index >= 15 is 0 Å². The number of rotatable bonds is 13. The molecule has 1 aliphatic heterocycles. The molecule has 1 saturated heterocycles. The van der Waals surface area contributed by atoms with Crippen molar-refractivity contribution in [1.82, 2.24) is 0 Å². The number of benzene rings is 1. The second kappa shape index (κ2) is 11.2. The molecule has 1 aliphatic rings. The number of ether oxygens (including phenoxy) is 2. The van der Waals surface area contributed by atoms with Gasteiger partial charge in [-0.05, 0) is 30.5 Å². The first kappa shape index (κ1) is 19.0. The first-order chi connectivity index (χ1) is 11.8. The van der Waals surface area contributed by atoms with Crippen LogP contribution in [0.25, 0.3) is 0 Å². The molecule has 0 saturated carbocycles. The van der Waals surface area contributed by atoms with Crippen LogP contribution in [0.2, 0.25) is 0 Å². The molecule has 1 heterocycles. The maximum Gasteiger partial charge on any atom is 0.338 e. The van der Waals surface area contributed by atoms with Crippen LogP contribution in [-0.4, -0.2) is 25.3 Å². The van der Waals surface area contributed by atoms with Crippen molar-refractivity contribution in [3.63, 3.8) is 0 Å². The minimum Gasteiger partial charge on any atom is -0.459 e. The summed E-state index contributed by atoms with van der Waals surface area (Å²) in [4.78, 5) is 12.0. The molecule has 0 spiro atoms. The number of hydrogen-bond donors (Lipinski definition) is 0. The molecule has 0 bridgehead atoms. The fourth-order valence-corrected chi connectivity index (χ4v) is 2.91. The lowest BCUT2D eigenvalue weighted by Gasteiger charge is -2.06. The molecule has 0 amide bonds. The Kier molecular flexibility index (Phi) is 8.90. The number of esters is 1. The summed E-state index contributed by atoms with van der Waals surface area (Å²) in [5.41, 5.74) is 1.89. The highest BCUT2D eigenvalue weighted by atomic mass is 16.6. The molecule has 3 nitrogen and oxygen atoms in total. The first-order valence-electron chi connectivity index (χ1n) is 9.67. The summed E-state index contributed by atoms with van der Waals surface area (Å²) in [5, 5.41) is 0. The van der Waals surface area contributed by atoms with Crippen LogP contribution in [0.5, 0.6) is 0 Å². The van der Waals surface area contributed by atoms with Gasteiger partial charge in [-0.2, -0.15) is 0 Å². The molecule has 24 heavy (non-hydrogen) atoms. The molecule has 0 aliphatic carbocycles. The molecule has 2 rings (SSSR count). The van der Waals surface area contributed by atoms with E-state index in [1.165, 1.54) is 63.4 Å². The van der Waals surface area contributed by atoms with Crippen LogP contribution in [0.15, 0.2) is 24.3 Å². The summed E-state index contributed by atoms with van der Waals surface area (Å²) < 4.78 is 10.3. The lowest BCUT2D eigenvalue weighted by atomic mass is 10.0. The Morgan fingerprint density at radius 1 is 1.08 bits per heavy atom. The Labute approximate surface area is 146 Å². The van der Waals surface area contributed by atoms with Crippen LogP contribution in [0.4, 0.5) is 0 Å². The van der Waals surface area contributed by atoms with Gasteiger partial charge in [0.05, 0.1) is 12.2 Å². The van der Waals surface area contributed by atoms with Gasteiger partial charge in [-0.25, -0.2) is 4.79 Å². The quantitative estimate of drug-likeness (QED) is 0.279. The highest BCUT2D eigenvalue weighted by Gasteiger charge is 2.24. The summed E-state index contributed by atoms with van der Waals surface area (Å²) in [5.74, 6) is -0.237. The Morgan fingerprint density at radius 3 is 2.42 bits per heavy atom. The van der Waals surface area contributed by atoms with Crippen LogP contribution in [-0.2, 0) is 15.9 Å². The summed E-state index contributed by atoms with van der Waals surface area (Å²) >= 11 is 0. The van der Waals surface area contributed by atoms with Crippen LogP contribution < -0.4 is 0 Å². The van der Waals surface area contributed by atoms with Crippen molar-refractivity contribution < 1.29 is 14.3 Å². The largest absolute Gasteiger partial charge is 0.459 e. The Hall–Kier alpha value is -1.35. The molecular weight excluding hydrogens is 300 g/mol. The smallest absolute Gasteiger partial charge is 0.338 e. The van der Waals surface area contributed by atoms with Crippen LogP contribution in [0, 0.1) is 0 Å². The third-order valence-corrected chi connectivity index (χ3v) is 4.53. The fourth-order valence-electron chi connectivity index (χ4n) is 2.91. The van der Waals surface area contributed by atoms with Crippen molar-refractivity contribution in [1.29, 1.82) is 0 Å². The second-order valence-electron chi connectivity index (χ2n) is 6.83. The molecular formula is C21H32O3. The topological polar surface area (TPSA) is 38.8 Å². The first-order valence-corrected chi connectivity index (χ1v) is 9.67. The molecule has 1 aromatic rings. The zero-order valence-corrected chi connectivity index (χ0v) is 15.1. The van der Waals surface area contributed by atoms with E-state index in [4.69, 9.17) is 9.47 Å². The summed E-state index contributed by atoms with van der Waals surface area (Å²) in [6.45, 7) is 3.35. The number of hydrogen-bond acceptors (Lipinski definition) is 3. The molecule has 0 aromatic heterocycles. The van der Waals surface area contributed by atoms with Gasteiger partial charge < -0.3 is 9.47 Å². The van der Waals surface area contributed by atoms with Gasteiger partial charge in [0.25, 0.3) is 0 Å². The van der Waals surface area contributed by atoms with E-state index < -0.39 is 0 Å². The van der Waals surface area contributed by atoms with Gasteiger partial charge in [0.1, 0.15) is 12.7 Å². The molecule has 1 fully saturated rings. The standard InChI is InChI=1S/C21H32O3/c1-2-3-4-5-6-7-8-9-10-12-18-13-11-14-19(15-18)21(22)24-17-20-16-23-20/h11,13-15,20H,2-10,12,16-17H2,1H3. The van der Waals surface area contributed by atoms with E-state index in [-0.39, 0.29) is 12.1 Å². The maximum absolute atomic E-state index is 12.0. The second-order valence-corrected chi connectivity index (χ2v) is 6.83. The van der Waals surface area contributed by atoms with Crippen molar-refractivity contribution in [2.24, 2.45) is 0 Å². The molecule has 3 heteroatoms. The molecule has 1 aromatic carbocycles. The van der Waals surface area contributed by atoms with Gasteiger partial charge in [0.2, 0.25) is 0 Å². The van der Waals surface area contributed by atoms with Crippen molar-refractivity contribution in [2.45, 2.75) is 77.2 Å². The van der Waals surface area contributed by atoms with Crippen molar-refractivity contribution in [2.75, 3.05) is 13.2 Å². The van der Waals surface area contributed by atoms with Crippen molar-refractivity contribution in [3.8, 4) is 0 Å². The minimum atomic E-state index is -0.237. The molecule has 134 valence electrons. The number of carbonyl (C=O) groups excluding carboxylic acids is 1. The number of aryl methyl sites for hydroxylation is 1. The van der Waals surface area contributed by atoms with E-state index in [1.807, 2.05) is 18.2 Å². The summed E-state index contributed by atoms with van der Waals surface area (Å²) in [6.07, 6.45) is 13.2. The third-order valence-electron chi connectivity index (χ3n) is 4.53. The normalized spacial score (nSPS) is 16.1. The summed E-state index contributed by atoms with van der Waals surface area (Å²) in [7, 11) is 0. The van der Waals surface area contributed by atoms with E-state index in [1.54, 1.807) is 0 Å². The van der Waals surface area contributed by atoms with E-state index in [9.17, 15) is 4.79 Å². The number of unbranched alkanes of at least 4 members (excludes halogenated alkanes) is 8. The van der Waals surface area contributed by atoms with Gasteiger partial charge >= 0.3 is 5.97 Å². The lowest BCUT2D eigenvalue weighted by Crippen LogP contribution is -2.10. The minimum absolute atomic E-state index is 0.124. The van der Waals surface area contributed by atoms with Crippen LogP contribution in [0.1, 0.15) is 80.6 Å². The molecule has 1 unspecified atom stereocenters. The fraction of sp³-hybridized carbons (Fsp3) is 0.667. The monoisotopic (exact) mass is 332 g/mol. The van der Waals surface area contributed by atoms with Gasteiger partial charge in [-0.15, -0.1) is 0 Å². The Balaban J connectivity index is 1.57. The van der Waals surface area contributed by atoms with E-state index in [0.29, 0.717) is 18.8 Å². The van der Waals surface area contributed by atoms with Gasteiger partial charge in [0, 0.05) is 0 Å². The predicted molar refractivity (Wildman–Crippen MR) is 97.4 cm³/mol. The van der Waals surface area contributed by atoms with E-state index in [2.05, 4.69) is 13.0 Å². The van der Waals surface area contributed by atoms with Crippen LogP contribution in [0.3, 0.4) is 0 Å². The summed E-state index contributed by atoms with van der Waals surface area (Å²) in [6, 6.07) is 7.86. The molecule has 1 atom stereocenters. The molecule has 0 radical (unpaired) electrons. The van der Waals surface area contributed by atoms with Crippen molar-refractivity contribution in [3.05, 3.63) is 35.4 Å². The van der Waals surface area contributed by atoms with Crippen molar-refractivity contribution >= 4 is 5.97 Å². The van der Waals surface area contributed by atoms with Gasteiger partial charge in [-0.3, -0.25) is 0 Å². The SMILES string of the molecule is CCCCCCCCCCCc1cccc(C(=O)OCC2CO2)c1. The average molecular weight is 332 g/mol. The highest BCUT2D eigenvalue weighted by Crippen LogP contribution is 2.15.